The number of nitrogens with one attached hydrogen (secondary N) is 2. The summed E-state index contributed by atoms with van der Waals surface area (Å²) in [7, 11) is 0. The molecule has 1 heterocycles. The van der Waals surface area contributed by atoms with Gasteiger partial charge < -0.3 is 10.6 Å². The summed E-state index contributed by atoms with van der Waals surface area (Å²) in [6.07, 6.45) is 2.32. The van der Waals surface area contributed by atoms with Crippen molar-refractivity contribution >= 4 is 0 Å². The third-order valence-electron chi connectivity index (χ3n) is 3.81. The molecule has 0 bridgehead atoms. The number of halogens is 1. The molecule has 106 valence electrons. The van der Waals surface area contributed by atoms with E-state index in [2.05, 4.69) is 31.4 Å². The largest absolute Gasteiger partial charge is 0.317 e. The molecule has 1 unspecified atom stereocenters. The van der Waals surface area contributed by atoms with E-state index in [0.717, 1.165) is 25.9 Å². The van der Waals surface area contributed by atoms with E-state index in [0.29, 0.717) is 6.04 Å². The predicted octanol–water partition coefficient (Wildman–Crippen LogP) is 3.25. The second kappa shape index (κ2) is 6.02. The van der Waals surface area contributed by atoms with Crippen molar-refractivity contribution in [3.8, 4) is 0 Å². The van der Waals surface area contributed by atoms with Crippen molar-refractivity contribution in [3.63, 3.8) is 0 Å². The topological polar surface area (TPSA) is 24.1 Å². The number of benzene rings is 1. The Balaban J connectivity index is 2.13. The van der Waals surface area contributed by atoms with Crippen molar-refractivity contribution < 1.29 is 4.39 Å². The van der Waals surface area contributed by atoms with Crippen LogP contribution in [0.15, 0.2) is 24.3 Å². The van der Waals surface area contributed by atoms with Crippen molar-refractivity contribution in [3.05, 3.63) is 35.6 Å². The van der Waals surface area contributed by atoms with E-state index < -0.39 is 0 Å². The summed E-state index contributed by atoms with van der Waals surface area (Å²) < 4.78 is 13.1. The zero-order chi connectivity index (χ0) is 13.9. The van der Waals surface area contributed by atoms with Crippen LogP contribution in [0.2, 0.25) is 0 Å². The van der Waals surface area contributed by atoms with Crippen LogP contribution < -0.4 is 10.6 Å². The van der Waals surface area contributed by atoms with Gasteiger partial charge >= 0.3 is 0 Å². The van der Waals surface area contributed by atoms with Crippen molar-refractivity contribution in [1.82, 2.24) is 10.6 Å². The molecule has 0 amide bonds. The van der Waals surface area contributed by atoms with E-state index in [-0.39, 0.29) is 17.3 Å². The van der Waals surface area contributed by atoms with Gasteiger partial charge in [0.05, 0.1) is 0 Å². The van der Waals surface area contributed by atoms with E-state index in [9.17, 15) is 4.39 Å². The zero-order valence-corrected chi connectivity index (χ0v) is 12.2. The molecule has 0 saturated carbocycles. The molecule has 0 spiro atoms. The average molecular weight is 264 g/mol. The lowest BCUT2D eigenvalue weighted by atomic mass is 9.81. The smallest absolute Gasteiger partial charge is 0.123 e. The van der Waals surface area contributed by atoms with Gasteiger partial charge in [0, 0.05) is 12.1 Å². The van der Waals surface area contributed by atoms with Crippen LogP contribution >= 0.6 is 0 Å². The molecule has 1 aromatic rings. The summed E-state index contributed by atoms with van der Waals surface area (Å²) >= 11 is 0. The van der Waals surface area contributed by atoms with Crippen LogP contribution in [0.4, 0.5) is 4.39 Å². The van der Waals surface area contributed by atoms with Gasteiger partial charge in [0.1, 0.15) is 5.82 Å². The van der Waals surface area contributed by atoms with Crippen molar-refractivity contribution in [2.45, 2.75) is 45.7 Å². The fourth-order valence-corrected chi connectivity index (χ4v) is 2.73. The summed E-state index contributed by atoms with van der Waals surface area (Å²) in [5.74, 6) is -0.168. The highest BCUT2D eigenvalue weighted by Crippen LogP contribution is 2.33. The number of piperidine rings is 1. The maximum atomic E-state index is 13.1. The molecule has 1 aliphatic rings. The Kier molecular flexibility index (Phi) is 4.58. The second-order valence-corrected chi connectivity index (χ2v) is 6.54. The molecule has 2 rings (SSSR count). The van der Waals surface area contributed by atoms with E-state index in [1.165, 1.54) is 5.56 Å². The van der Waals surface area contributed by atoms with Crippen molar-refractivity contribution in [2.75, 3.05) is 13.1 Å². The molecule has 0 aromatic heterocycles. The Morgan fingerprint density at radius 3 is 2.26 bits per heavy atom. The lowest BCUT2D eigenvalue weighted by Crippen LogP contribution is -2.44. The first-order chi connectivity index (χ1) is 8.97. The molecular formula is C16H25FN2. The van der Waals surface area contributed by atoms with Crippen LogP contribution in [0.25, 0.3) is 0 Å². The van der Waals surface area contributed by atoms with Gasteiger partial charge in [0.15, 0.2) is 0 Å². The molecule has 2 nitrogen and oxygen atoms in total. The molecule has 1 saturated heterocycles. The highest BCUT2D eigenvalue weighted by molar-refractivity contribution is 5.22. The molecule has 0 radical (unpaired) electrons. The first-order valence-electron chi connectivity index (χ1n) is 7.19. The van der Waals surface area contributed by atoms with E-state index in [1.807, 2.05) is 12.1 Å². The summed E-state index contributed by atoms with van der Waals surface area (Å²) in [5, 5.41) is 7.15. The molecule has 1 atom stereocenters. The fourth-order valence-electron chi connectivity index (χ4n) is 2.73. The quantitative estimate of drug-likeness (QED) is 0.875. The van der Waals surface area contributed by atoms with Crippen LogP contribution in [0.5, 0.6) is 0 Å². The molecule has 1 aromatic carbocycles. The van der Waals surface area contributed by atoms with E-state index >= 15 is 0 Å². The Hall–Kier alpha value is -0.930. The highest BCUT2D eigenvalue weighted by Gasteiger charge is 2.28. The van der Waals surface area contributed by atoms with Crippen LogP contribution in [-0.4, -0.2) is 19.1 Å². The third-order valence-corrected chi connectivity index (χ3v) is 3.81. The van der Waals surface area contributed by atoms with Crippen molar-refractivity contribution in [1.29, 1.82) is 0 Å². The Bertz CT molecular complexity index is 388. The van der Waals surface area contributed by atoms with Gasteiger partial charge in [-0.3, -0.25) is 0 Å². The summed E-state index contributed by atoms with van der Waals surface area (Å²) in [5.41, 5.74) is 1.29. The minimum Gasteiger partial charge on any atom is -0.317 e. The summed E-state index contributed by atoms with van der Waals surface area (Å²) in [6, 6.07) is 7.72. The van der Waals surface area contributed by atoms with Gasteiger partial charge in [-0.05, 0) is 49.0 Å². The molecule has 1 fully saturated rings. The van der Waals surface area contributed by atoms with Gasteiger partial charge in [0.2, 0.25) is 0 Å². The molecule has 3 heteroatoms. The first-order valence-corrected chi connectivity index (χ1v) is 7.19. The number of hydrogen-bond donors (Lipinski definition) is 2. The maximum absolute atomic E-state index is 13.1. The highest BCUT2D eigenvalue weighted by atomic mass is 19.1. The monoisotopic (exact) mass is 264 g/mol. The first kappa shape index (κ1) is 14.5. The SMILES string of the molecule is CC(C)(C)C(NC1CCNCC1)c1ccc(F)cc1. The minimum atomic E-state index is -0.168. The van der Waals surface area contributed by atoms with Gasteiger partial charge in [-0.1, -0.05) is 32.9 Å². The molecular weight excluding hydrogens is 239 g/mol. The van der Waals surface area contributed by atoms with Gasteiger partial charge in [-0.15, -0.1) is 0 Å². The van der Waals surface area contributed by atoms with Crippen LogP contribution in [0, 0.1) is 11.2 Å². The normalized spacial score (nSPS) is 19.4. The molecule has 0 aliphatic carbocycles. The zero-order valence-electron chi connectivity index (χ0n) is 12.2. The van der Waals surface area contributed by atoms with E-state index in [1.54, 1.807) is 12.1 Å². The Morgan fingerprint density at radius 1 is 1.16 bits per heavy atom. The minimum absolute atomic E-state index is 0.114. The number of rotatable bonds is 3. The Morgan fingerprint density at radius 2 is 1.74 bits per heavy atom. The van der Waals surface area contributed by atoms with E-state index in [4.69, 9.17) is 0 Å². The standard InChI is InChI=1S/C16H25FN2/c1-16(2,3)15(12-4-6-13(17)7-5-12)19-14-8-10-18-11-9-14/h4-7,14-15,18-19H,8-11H2,1-3H3. The number of hydrogen-bond acceptors (Lipinski definition) is 2. The molecule has 1 aliphatic heterocycles. The van der Waals surface area contributed by atoms with Crippen LogP contribution in [0.1, 0.15) is 45.2 Å². The van der Waals surface area contributed by atoms with Gasteiger partial charge in [-0.25, -0.2) is 4.39 Å². The molecule has 19 heavy (non-hydrogen) atoms. The molecule has 2 N–H and O–H groups in total. The average Bonchev–Trinajstić information content (AvgIpc) is 2.37. The van der Waals surface area contributed by atoms with Crippen LogP contribution in [-0.2, 0) is 0 Å². The lowest BCUT2D eigenvalue weighted by Gasteiger charge is -2.37. The predicted molar refractivity (Wildman–Crippen MR) is 77.6 cm³/mol. The lowest BCUT2D eigenvalue weighted by molar-refractivity contribution is 0.229. The van der Waals surface area contributed by atoms with Gasteiger partial charge in [0.25, 0.3) is 0 Å². The fraction of sp³-hybridized carbons (Fsp3) is 0.625. The van der Waals surface area contributed by atoms with Crippen molar-refractivity contribution in [2.24, 2.45) is 5.41 Å². The maximum Gasteiger partial charge on any atom is 0.123 e. The Labute approximate surface area is 115 Å². The third kappa shape index (κ3) is 4.02. The van der Waals surface area contributed by atoms with Gasteiger partial charge in [-0.2, -0.15) is 0 Å². The summed E-state index contributed by atoms with van der Waals surface area (Å²) in [6.45, 7) is 8.86. The van der Waals surface area contributed by atoms with Crippen LogP contribution in [0.3, 0.4) is 0 Å². The second-order valence-electron chi connectivity index (χ2n) is 6.54. The summed E-state index contributed by atoms with van der Waals surface area (Å²) in [4.78, 5) is 0.